The number of nitriles is 1. The number of nitrogens with one attached hydrogen (secondary N) is 1. The molecule has 0 saturated heterocycles. The van der Waals surface area contributed by atoms with E-state index in [1.165, 1.54) is 16.6 Å². The molecule has 0 spiro atoms. The molecule has 1 heterocycles. The van der Waals surface area contributed by atoms with Crippen molar-refractivity contribution in [3.05, 3.63) is 30.1 Å². The van der Waals surface area contributed by atoms with E-state index in [1.54, 1.807) is 0 Å². The minimum Gasteiger partial charge on any atom is -0.271 e. The van der Waals surface area contributed by atoms with Crippen LogP contribution in [0.4, 0.5) is 5.69 Å². The second kappa shape index (κ2) is 6.68. The van der Waals surface area contributed by atoms with E-state index in [0.717, 1.165) is 17.8 Å². The second-order valence-electron chi connectivity index (χ2n) is 3.72. The number of aromatic nitrogens is 4. The van der Waals surface area contributed by atoms with Crippen molar-refractivity contribution in [2.24, 2.45) is 4.99 Å². The second-order valence-corrected chi connectivity index (χ2v) is 4.52. The molecule has 7 nitrogen and oxygen atoms in total. The van der Waals surface area contributed by atoms with Crippen LogP contribution in [0.3, 0.4) is 0 Å². The fraction of sp³-hybridized carbons (Fsp3) is 0.250. The molecule has 102 valence electrons. The van der Waals surface area contributed by atoms with Crippen molar-refractivity contribution in [3.63, 3.8) is 0 Å². The van der Waals surface area contributed by atoms with Crippen LogP contribution in [0, 0.1) is 11.5 Å². The minimum absolute atomic E-state index is 0.549. The molecular weight excluding hydrogens is 274 g/mol. The molecule has 2 aromatic rings. The Morgan fingerprint density at radius 2 is 2.20 bits per heavy atom. The quantitative estimate of drug-likeness (QED) is 0.399. The van der Waals surface area contributed by atoms with Crippen LogP contribution in [0.25, 0.3) is 5.69 Å². The Morgan fingerprint density at radius 3 is 2.75 bits per heavy atom. The molecule has 0 fully saturated rings. The normalized spacial score (nSPS) is 11.2. The number of thioether (sulfide) groups is 1. The van der Waals surface area contributed by atoms with Crippen molar-refractivity contribution in [3.8, 4) is 11.9 Å². The van der Waals surface area contributed by atoms with Crippen LogP contribution in [0.15, 0.2) is 29.3 Å². The largest absolute Gasteiger partial charge is 0.271 e. The van der Waals surface area contributed by atoms with Gasteiger partial charge < -0.3 is 0 Å². The smallest absolute Gasteiger partial charge is 0.183 e. The van der Waals surface area contributed by atoms with Gasteiger partial charge in [-0.15, -0.1) is 15.0 Å². The van der Waals surface area contributed by atoms with Crippen molar-refractivity contribution < 1.29 is 0 Å². The van der Waals surface area contributed by atoms with E-state index < -0.39 is 0 Å². The highest BCUT2D eigenvalue weighted by Gasteiger charge is 2.03. The van der Waals surface area contributed by atoms with Gasteiger partial charge in [0.05, 0.1) is 11.4 Å². The first-order valence-corrected chi connectivity index (χ1v) is 7.16. The van der Waals surface area contributed by atoms with Gasteiger partial charge in [-0.05, 0) is 35.7 Å². The molecule has 0 aliphatic rings. The van der Waals surface area contributed by atoms with Crippen LogP contribution in [-0.2, 0) is 6.42 Å². The van der Waals surface area contributed by atoms with E-state index in [4.69, 9.17) is 5.26 Å². The van der Waals surface area contributed by atoms with Gasteiger partial charge in [0.1, 0.15) is 0 Å². The lowest BCUT2D eigenvalue weighted by Gasteiger charge is -2.01. The molecular formula is C12H13N7S. The number of nitrogens with zero attached hydrogens (tertiary/aromatic N) is 6. The number of tetrazole rings is 1. The highest BCUT2D eigenvalue weighted by Crippen LogP contribution is 2.16. The summed E-state index contributed by atoms with van der Waals surface area (Å²) in [6, 6.07) is 7.37. The zero-order valence-corrected chi connectivity index (χ0v) is 11.9. The van der Waals surface area contributed by atoms with Gasteiger partial charge in [0, 0.05) is 6.42 Å². The first kappa shape index (κ1) is 14.0. The summed E-state index contributed by atoms with van der Waals surface area (Å²) in [5, 5.41) is 23.8. The molecule has 0 bridgehead atoms. The van der Waals surface area contributed by atoms with Crippen molar-refractivity contribution in [2.45, 2.75) is 13.3 Å². The van der Waals surface area contributed by atoms with E-state index in [1.807, 2.05) is 43.6 Å². The summed E-state index contributed by atoms with van der Waals surface area (Å²) < 4.78 is 0. The average molecular weight is 287 g/mol. The summed E-state index contributed by atoms with van der Waals surface area (Å²) in [6.07, 6.45) is 4.45. The molecule has 0 unspecified atom stereocenters. The third-order valence-corrected chi connectivity index (χ3v) is 3.02. The van der Waals surface area contributed by atoms with Gasteiger partial charge in [-0.1, -0.05) is 18.7 Å². The number of amidine groups is 1. The zero-order chi connectivity index (χ0) is 14.4. The van der Waals surface area contributed by atoms with Crippen molar-refractivity contribution >= 4 is 22.6 Å². The maximum absolute atomic E-state index is 8.58. The van der Waals surface area contributed by atoms with Gasteiger partial charge in [-0.25, -0.2) is 4.99 Å². The summed E-state index contributed by atoms with van der Waals surface area (Å²) in [5.41, 5.74) is 1.56. The number of hydrogen-bond acceptors (Lipinski definition) is 6. The SMILES string of the molecule is CCc1nnn(-c2ccc(N=C(NC#N)SC)cc2)n1. The van der Waals surface area contributed by atoms with Crippen molar-refractivity contribution in [1.82, 2.24) is 25.5 Å². The van der Waals surface area contributed by atoms with E-state index >= 15 is 0 Å². The number of hydrogen-bond donors (Lipinski definition) is 1. The molecule has 1 aromatic heterocycles. The Labute approximate surface area is 120 Å². The lowest BCUT2D eigenvalue weighted by molar-refractivity contribution is 0.718. The zero-order valence-electron chi connectivity index (χ0n) is 11.1. The van der Waals surface area contributed by atoms with Crippen LogP contribution >= 0.6 is 11.8 Å². The Kier molecular flexibility index (Phi) is 4.68. The molecule has 0 aliphatic heterocycles. The fourth-order valence-electron chi connectivity index (χ4n) is 1.44. The Hall–Kier alpha value is -2.40. The van der Waals surface area contributed by atoms with Gasteiger partial charge in [0.15, 0.2) is 17.2 Å². The Bertz CT molecular complexity index is 639. The van der Waals surface area contributed by atoms with Crippen molar-refractivity contribution in [1.29, 1.82) is 5.26 Å². The molecule has 2 rings (SSSR count). The maximum Gasteiger partial charge on any atom is 0.183 e. The molecule has 0 aliphatic carbocycles. The number of rotatable bonds is 3. The topological polar surface area (TPSA) is 91.8 Å². The van der Waals surface area contributed by atoms with Gasteiger partial charge in [-0.2, -0.15) is 5.26 Å². The molecule has 8 heteroatoms. The molecule has 20 heavy (non-hydrogen) atoms. The van der Waals surface area contributed by atoms with Gasteiger partial charge in [-0.3, -0.25) is 5.32 Å². The predicted molar refractivity (Wildman–Crippen MR) is 77.9 cm³/mol. The van der Waals surface area contributed by atoms with Crippen LogP contribution < -0.4 is 5.32 Å². The van der Waals surface area contributed by atoms with Gasteiger partial charge in [0.25, 0.3) is 0 Å². The summed E-state index contributed by atoms with van der Waals surface area (Å²) in [6.45, 7) is 1.98. The number of aryl methyl sites for hydroxylation is 1. The molecule has 1 aromatic carbocycles. The summed E-state index contributed by atoms with van der Waals surface area (Å²) >= 11 is 1.37. The van der Waals surface area contributed by atoms with E-state index in [0.29, 0.717) is 11.0 Å². The third kappa shape index (κ3) is 3.33. The Balaban J connectivity index is 2.20. The van der Waals surface area contributed by atoms with E-state index in [9.17, 15) is 0 Å². The lowest BCUT2D eigenvalue weighted by Crippen LogP contribution is -2.12. The van der Waals surface area contributed by atoms with E-state index in [2.05, 4.69) is 25.7 Å². The standard InChI is InChI=1S/C12H13N7S/c1-3-11-16-18-19(17-11)10-6-4-9(5-7-10)15-12(20-2)14-8-13/h4-7H,3H2,1-2H3,(H,14,15). The first-order valence-electron chi connectivity index (χ1n) is 5.94. The molecule has 0 radical (unpaired) electrons. The van der Waals surface area contributed by atoms with Gasteiger partial charge >= 0.3 is 0 Å². The highest BCUT2D eigenvalue weighted by molar-refractivity contribution is 8.13. The molecule has 0 atom stereocenters. The number of benzene rings is 1. The molecule has 0 amide bonds. The van der Waals surface area contributed by atoms with Gasteiger partial charge in [0.2, 0.25) is 0 Å². The summed E-state index contributed by atoms with van der Waals surface area (Å²) in [7, 11) is 0. The number of aliphatic imine (C=N–C) groups is 1. The fourth-order valence-corrected chi connectivity index (χ4v) is 1.79. The lowest BCUT2D eigenvalue weighted by atomic mass is 10.3. The maximum atomic E-state index is 8.58. The predicted octanol–water partition coefficient (Wildman–Crippen LogP) is 1.65. The van der Waals surface area contributed by atoms with Crippen LogP contribution in [0.2, 0.25) is 0 Å². The Morgan fingerprint density at radius 1 is 1.45 bits per heavy atom. The van der Waals surface area contributed by atoms with E-state index in [-0.39, 0.29) is 0 Å². The molecule has 1 N–H and O–H groups in total. The molecule has 0 saturated carbocycles. The summed E-state index contributed by atoms with van der Waals surface area (Å²) in [5.74, 6) is 0.704. The summed E-state index contributed by atoms with van der Waals surface area (Å²) in [4.78, 5) is 5.78. The first-order chi connectivity index (χ1) is 9.76. The third-order valence-electron chi connectivity index (χ3n) is 2.44. The highest BCUT2D eigenvalue weighted by atomic mass is 32.2. The minimum atomic E-state index is 0.549. The van der Waals surface area contributed by atoms with Crippen LogP contribution in [0.1, 0.15) is 12.7 Å². The average Bonchev–Trinajstić information content (AvgIpc) is 2.96. The van der Waals surface area contributed by atoms with Crippen LogP contribution in [-0.4, -0.2) is 31.6 Å². The van der Waals surface area contributed by atoms with Crippen molar-refractivity contribution in [2.75, 3.05) is 6.26 Å². The van der Waals surface area contributed by atoms with Crippen LogP contribution in [0.5, 0.6) is 0 Å². The monoisotopic (exact) mass is 287 g/mol.